The maximum absolute atomic E-state index is 12.0. The van der Waals surface area contributed by atoms with Crippen LogP contribution in [0, 0.1) is 0 Å². The lowest BCUT2D eigenvalue weighted by atomic mass is 10.2. The monoisotopic (exact) mass is 359 g/mol. The third kappa shape index (κ3) is 5.50. The largest absolute Gasteiger partial charge is 0.492 e. The molecular weight excluding hydrogens is 345 g/mol. The first-order valence-corrected chi connectivity index (χ1v) is 8.96. The van der Waals surface area contributed by atoms with Crippen molar-refractivity contribution in [2.75, 3.05) is 13.2 Å². The van der Waals surface area contributed by atoms with Crippen molar-refractivity contribution in [2.45, 2.75) is 5.75 Å². The van der Waals surface area contributed by atoms with Crippen molar-refractivity contribution < 1.29 is 13.2 Å². The van der Waals surface area contributed by atoms with Gasteiger partial charge >= 0.3 is 0 Å². The van der Waals surface area contributed by atoms with E-state index < -0.39 is 10.0 Å². The number of ether oxygens (including phenoxy) is 1. The van der Waals surface area contributed by atoms with Crippen LogP contribution in [0.3, 0.4) is 0 Å². The molecule has 22 heavy (non-hydrogen) atoms. The minimum absolute atomic E-state index is 0.158. The number of para-hydroxylation sites is 1. The summed E-state index contributed by atoms with van der Waals surface area (Å²) in [5, 5.41) is 0.730. The van der Waals surface area contributed by atoms with E-state index in [1.807, 2.05) is 30.3 Å². The van der Waals surface area contributed by atoms with Crippen molar-refractivity contribution in [3.05, 3.63) is 64.1 Å². The fourth-order valence-corrected chi connectivity index (χ4v) is 3.22. The van der Waals surface area contributed by atoms with Crippen LogP contribution in [0.25, 0.3) is 0 Å². The molecule has 0 aliphatic carbocycles. The maximum atomic E-state index is 12.0. The SMILES string of the molecule is O=S(=O)(Cc1ccc(Cl)c(Cl)c1)NCCOc1ccccc1. The molecule has 0 saturated carbocycles. The van der Waals surface area contributed by atoms with Crippen molar-refractivity contribution >= 4 is 33.2 Å². The Labute approximate surface area is 140 Å². The number of nitrogens with one attached hydrogen (secondary N) is 1. The summed E-state index contributed by atoms with van der Waals surface area (Å²) < 4.78 is 31.8. The Morgan fingerprint density at radius 1 is 1.00 bits per heavy atom. The molecule has 1 N–H and O–H groups in total. The highest BCUT2D eigenvalue weighted by molar-refractivity contribution is 7.88. The number of hydrogen-bond acceptors (Lipinski definition) is 3. The van der Waals surface area contributed by atoms with Crippen molar-refractivity contribution in [3.63, 3.8) is 0 Å². The molecule has 0 aliphatic rings. The zero-order chi connectivity index (χ0) is 16.0. The van der Waals surface area contributed by atoms with Gasteiger partial charge in [-0.3, -0.25) is 0 Å². The zero-order valence-electron chi connectivity index (χ0n) is 11.6. The topological polar surface area (TPSA) is 55.4 Å². The van der Waals surface area contributed by atoms with Gasteiger partial charge in [-0.25, -0.2) is 13.1 Å². The summed E-state index contributed by atoms with van der Waals surface area (Å²) in [5.74, 6) is 0.543. The second kappa shape index (κ2) is 7.83. The van der Waals surface area contributed by atoms with Crippen LogP contribution >= 0.6 is 23.2 Å². The first-order valence-electron chi connectivity index (χ1n) is 6.55. The number of halogens is 2. The molecule has 2 aromatic carbocycles. The van der Waals surface area contributed by atoms with Crippen molar-refractivity contribution in [2.24, 2.45) is 0 Å². The van der Waals surface area contributed by atoms with Gasteiger partial charge in [0.05, 0.1) is 15.8 Å². The van der Waals surface area contributed by atoms with Gasteiger partial charge in [0.25, 0.3) is 0 Å². The first-order chi connectivity index (χ1) is 10.5. The van der Waals surface area contributed by atoms with Crippen LogP contribution in [0.4, 0.5) is 0 Å². The van der Waals surface area contributed by atoms with E-state index in [2.05, 4.69) is 4.72 Å². The summed E-state index contributed by atoms with van der Waals surface area (Å²) in [6.07, 6.45) is 0. The van der Waals surface area contributed by atoms with E-state index in [9.17, 15) is 8.42 Å². The molecule has 0 amide bonds. The minimum atomic E-state index is -3.45. The minimum Gasteiger partial charge on any atom is -0.492 e. The second-order valence-electron chi connectivity index (χ2n) is 4.56. The van der Waals surface area contributed by atoms with E-state index >= 15 is 0 Å². The molecule has 2 rings (SSSR count). The molecule has 0 fully saturated rings. The van der Waals surface area contributed by atoms with Gasteiger partial charge in [-0.15, -0.1) is 0 Å². The van der Waals surface area contributed by atoms with E-state index in [0.717, 1.165) is 0 Å². The van der Waals surface area contributed by atoms with Crippen molar-refractivity contribution in [1.29, 1.82) is 0 Å². The second-order valence-corrected chi connectivity index (χ2v) is 7.18. The van der Waals surface area contributed by atoms with Gasteiger partial charge in [0, 0.05) is 6.54 Å². The van der Waals surface area contributed by atoms with Crippen molar-refractivity contribution in [3.8, 4) is 5.75 Å². The molecule has 4 nitrogen and oxygen atoms in total. The Kier molecular flexibility index (Phi) is 6.08. The van der Waals surface area contributed by atoms with Gasteiger partial charge in [-0.05, 0) is 29.8 Å². The molecule has 0 aliphatic heterocycles. The summed E-state index contributed by atoms with van der Waals surface area (Å²) in [7, 11) is -3.45. The lowest BCUT2D eigenvalue weighted by Crippen LogP contribution is -2.29. The molecule has 0 saturated heterocycles. The zero-order valence-corrected chi connectivity index (χ0v) is 14.0. The van der Waals surface area contributed by atoms with Crippen LogP contribution in [0.2, 0.25) is 10.0 Å². The molecule has 2 aromatic rings. The standard InChI is InChI=1S/C15H15Cl2NO3S/c16-14-7-6-12(10-15(14)17)11-22(19,20)18-8-9-21-13-4-2-1-3-5-13/h1-7,10,18H,8-9,11H2. The van der Waals surface area contributed by atoms with E-state index in [0.29, 0.717) is 21.4 Å². The fourth-order valence-electron chi connectivity index (χ4n) is 1.78. The lowest BCUT2D eigenvalue weighted by molar-refractivity contribution is 0.323. The van der Waals surface area contributed by atoms with Gasteiger partial charge < -0.3 is 4.74 Å². The third-order valence-corrected chi connectivity index (χ3v) is 4.87. The van der Waals surface area contributed by atoms with Gasteiger partial charge in [-0.2, -0.15) is 0 Å². The highest BCUT2D eigenvalue weighted by Gasteiger charge is 2.12. The van der Waals surface area contributed by atoms with E-state index in [4.69, 9.17) is 27.9 Å². The molecule has 0 atom stereocenters. The molecule has 118 valence electrons. The van der Waals surface area contributed by atoms with Crippen LogP contribution in [0.5, 0.6) is 5.75 Å². The quantitative estimate of drug-likeness (QED) is 0.769. The fraction of sp³-hybridized carbons (Fsp3) is 0.200. The molecular formula is C15H15Cl2NO3S. The lowest BCUT2D eigenvalue weighted by Gasteiger charge is -2.09. The Morgan fingerprint density at radius 2 is 1.73 bits per heavy atom. The van der Waals surface area contributed by atoms with E-state index in [1.165, 1.54) is 0 Å². The van der Waals surface area contributed by atoms with Gasteiger partial charge in [0.1, 0.15) is 12.4 Å². The van der Waals surface area contributed by atoms with E-state index in [-0.39, 0.29) is 18.9 Å². The summed E-state index contributed by atoms with van der Waals surface area (Å²) in [4.78, 5) is 0. The van der Waals surface area contributed by atoms with Crippen LogP contribution in [-0.4, -0.2) is 21.6 Å². The molecule has 0 spiro atoms. The Morgan fingerprint density at radius 3 is 2.41 bits per heavy atom. The molecule has 0 aromatic heterocycles. The molecule has 0 heterocycles. The predicted octanol–water partition coefficient (Wildman–Crippen LogP) is 3.49. The molecule has 0 bridgehead atoms. The third-order valence-electron chi connectivity index (χ3n) is 2.78. The predicted molar refractivity (Wildman–Crippen MR) is 89.0 cm³/mol. The summed E-state index contributed by atoms with van der Waals surface area (Å²) in [6.45, 7) is 0.448. The highest BCUT2D eigenvalue weighted by atomic mass is 35.5. The van der Waals surface area contributed by atoms with E-state index in [1.54, 1.807) is 18.2 Å². The Bertz CT molecular complexity index is 721. The smallest absolute Gasteiger partial charge is 0.215 e. The maximum Gasteiger partial charge on any atom is 0.215 e. The number of rotatable bonds is 7. The Hall–Kier alpha value is -1.27. The molecule has 0 unspecified atom stereocenters. The van der Waals surface area contributed by atoms with Crippen LogP contribution in [-0.2, 0) is 15.8 Å². The average Bonchev–Trinajstić information content (AvgIpc) is 2.48. The number of sulfonamides is 1. The Balaban J connectivity index is 1.82. The normalized spacial score (nSPS) is 11.4. The molecule has 7 heteroatoms. The number of hydrogen-bond donors (Lipinski definition) is 1. The van der Waals surface area contributed by atoms with Gasteiger partial charge in [0.15, 0.2) is 0 Å². The van der Waals surface area contributed by atoms with Gasteiger partial charge in [-0.1, -0.05) is 47.5 Å². The summed E-state index contributed by atoms with van der Waals surface area (Å²) >= 11 is 11.7. The average molecular weight is 360 g/mol. The summed E-state index contributed by atoms with van der Waals surface area (Å²) in [6, 6.07) is 14.0. The van der Waals surface area contributed by atoms with Crippen LogP contribution in [0.1, 0.15) is 5.56 Å². The first kappa shape index (κ1) is 17.1. The van der Waals surface area contributed by atoms with Crippen LogP contribution in [0.15, 0.2) is 48.5 Å². The summed E-state index contributed by atoms with van der Waals surface area (Å²) in [5.41, 5.74) is 0.575. The highest BCUT2D eigenvalue weighted by Crippen LogP contribution is 2.23. The number of benzene rings is 2. The van der Waals surface area contributed by atoms with Crippen LogP contribution < -0.4 is 9.46 Å². The van der Waals surface area contributed by atoms with Gasteiger partial charge in [0.2, 0.25) is 10.0 Å². The molecule has 0 radical (unpaired) electrons. The van der Waals surface area contributed by atoms with Crippen molar-refractivity contribution in [1.82, 2.24) is 4.72 Å².